The van der Waals surface area contributed by atoms with E-state index in [9.17, 15) is 22.8 Å². The van der Waals surface area contributed by atoms with E-state index < -0.39 is 30.7 Å². The van der Waals surface area contributed by atoms with Crippen LogP contribution in [0.4, 0.5) is 13.2 Å². The fourth-order valence-corrected chi connectivity index (χ4v) is 3.65. The average Bonchev–Trinajstić information content (AvgIpc) is 3.03. The summed E-state index contributed by atoms with van der Waals surface area (Å²) >= 11 is 0. The van der Waals surface area contributed by atoms with Crippen LogP contribution in [0.5, 0.6) is 0 Å². The molecule has 0 aromatic carbocycles. The second-order valence-corrected chi connectivity index (χ2v) is 8.57. The molecule has 0 aliphatic carbocycles. The number of amides is 2. The van der Waals surface area contributed by atoms with Crippen molar-refractivity contribution in [1.29, 1.82) is 0 Å². The lowest BCUT2D eigenvalue weighted by Crippen LogP contribution is -2.58. The third-order valence-electron chi connectivity index (χ3n) is 5.00. The highest BCUT2D eigenvalue weighted by Crippen LogP contribution is 2.26. The molecule has 0 radical (unpaired) electrons. The van der Waals surface area contributed by atoms with Crippen LogP contribution in [0.3, 0.4) is 0 Å². The lowest BCUT2D eigenvalue weighted by molar-refractivity contribution is -0.184. The molecule has 2 saturated heterocycles. The minimum absolute atomic E-state index is 0. The highest BCUT2D eigenvalue weighted by atomic mass is 35.5. The van der Waals surface area contributed by atoms with E-state index in [1.165, 1.54) is 9.80 Å². The normalized spacial score (nSPS) is 22.5. The van der Waals surface area contributed by atoms with Crippen LogP contribution in [0.15, 0.2) is 0 Å². The Balaban J connectivity index is 0.00000392. The zero-order valence-electron chi connectivity index (χ0n) is 16.8. The zero-order valence-corrected chi connectivity index (χ0v) is 17.6. The number of likely N-dealkylation sites (tertiary alicyclic amines) is 1. The molecule has 2 atom stereocenters. The first-order valence-corrected chi connectivity index (χ1v) is 9.58. The quantitative estimate of drug-likeness (QED) is 0.700. The number of piperazine rings is 1. The number of carbonyl (C=O) groups is 2. The van der Waals surface area contributed by atoms with Crippen molar-refractivity contribution in [2.45, 2.75) is 58.3 Å². The summed E-state index contributed by atoms with van der Waals surface area (Å²) in [7, 11) is 0. The molecule has 0 aromatic rings. The van der Waals surface area contributed by atoms with Crippen LogP contribution < -0.4 is 10.6 Å². The third kappa shape index (κ3) is 7.08. The lowest BCUT2D eigenvalue weighted by atomic mass is 9.91. The number of hydrogen-bond donors (Lipinski definition) is 2. The number of halogens is 4. The van der Waals surface area contributed by atoms with E-state index in [4.69, 9.17) is 0 Å². The molecule has 2 heterocycles. The van der Waals surface area contributed by atoms with Gasteiger partial charge in [0.2, 0.25) is 11.8 Å². The highest BCUT2D eigenvalue weighted by molar-refractivity contribution is 5.88. The molecular formula is C18H32ClF3N4O2. The SMILES string of the molecule is CC(C)(C)CC(=O)N1CCCC1C(=O)NCC(N1CCNCC1)C(F)(F)F.Cl. The second-order valence-electron chi connectivity index (χ2n) is 8.57. The summed E-state index contributed by atoms with van der Waals surface area (Å²) in [6.07, 6.45) is -2.93. The van der Waals surface area contributed by atoms with Gasteiger partial charge in [-0.05, 0) is 18.3 Å². The van der Waals surface area contributed by atoms with E-state index in [1.54, 1.807) is 0 Å². The molecule has 2 aliphatic rings. The van der Waals surface area contributed by atoms with Crippen molar-refractivity contribution in [2.75, 3.05) is 39.3 Å². The van der Waals surface area contributed by atoms with E-state index in [0.29, 0.717) is 52.0 Å². The summed E-state index contributed by atoms with van der Waals surface area (Å²) in [5.74, 6) is -0.603. The number of rotatable bonds is 5. The fraction of sp³-hybridized carbons (Fsp3) is 0.889. The first-order valence-electron chi connectivity index (χ1n) is 9.58. The summed E-state index contributed by atoms with van der Waals surface area (Å²) in [5.41, 5.74) is -0.204. The van der Waals surface area contributed by atoms with Gasteiger partial charge in [-0.2, -0.15) is 13.2 Å². The Hall–Kier alpha value is -1.06. The lowest BCUT2D eigenvalue weighted by Gasteiger charge is -2.36. The number of carbonyl (C=O) groups excluding carboxylic acids is 2. The molecule has 28 heavy (non-hydrogen) atoms. The van der Waals surface area contributed by atoms with Crippen LogP contribution in [0.1, 0.15) is 40.0 Å². The van der Waals surface area contributed by atoms with Crippen LogP contribution in [0, 0.1) is 5.41 Å². The van der Waals surface area contributed by atoms with Crippen LogP contribution >= 0.6 is 12.4 Å². The standard InChI is InChI=1S/C18H31F3N4O2.ClH/c1-17(2,3)11-15(26)25-8-4-5-13(25)16(27)23-12-14(18(19,20)21)24-9-6-22-7-10-24;/h13-14,22H,4-12H2,1-3H3,(H,23,27);1H. The average molecular weight is 429 g/mol. The first-order chi connectivity index (χ1) is 12.5. The molecule has 2 aliphatic heterocycles. The number of alkyl halides is 3. The Morgan fingerprint density at radius 3 is 2.29 bits per heavy atom. The largest absolute Gasteiger partial charge is 0.405 e. The molecule has 2 amide bonds. The van der Waals surface area contributed by atoms with Crippen molar-refractivity contribution in [3.05, 3.63) is 0 Å². The van der Waals surface area contributed by atoms with Gasteiger partial charge in [-0.1, -0.05) is 20.8 Å². The zero-order chi connectivity index (χ0) is 20.2. The smallest absolute Gasteiger partial charge is 0.352 e. The molecule has 6 nitrogen and oxygen atoms in total. The topological polar surface area (TPSA) is 64.7 Å². The summed E-state index contributed by atoms with van der Waals surface area (Å²) in [5, 5.41) is 5.49. The number of hydrogen-bond acceptors (Lipinski definition) is 4. The van der Waals surface area contributed by atoms with Crippen molar-refractivity contribution in [3.63, 3.8) is 0 Å². The predicted octanol–water partition coefficient (Wildman–Crippen LogP) is 1.79. The van der Waals surface area contributed by atoms with Crippen molar-refractivity contribution < 1.29 is 22.8 Å². The molecule has 0 saturated carbocycles. The highest BCUT2D eigenvalue weighted by Gasteiger charge is 2.44. The minimum Gasteiger partial charge on any atom is -0.352 e. The van der Waals surface area contributed by atoms with Crippen molar-refractivity contribution in [1.82, 2.24) is 20.4 Å². The van der Waals surface area contributed by atoms with Gasteiger partial charge in [0.05, 0.1) is 0 Å². The summed E-state index contributed by atoms with van der Waals surface area (Å²) < 4.78 is 40.3. The van der Waals surface area contributed by atoms with Gasteiger partial charge >= 0.3 is 6.18 Å². The van der Waals surface area contributed by atoms with Crippen molar-refractivity contribution >= 4 is 24.2 Å². The molecule has 10 heteroatoms. The summed E-state index contributed by atoms with van der Waals surface area (Å²) in [6.45, 7) is 7.40. The van der Waals surface area contributed by atoms with Gasteiger partial charge in [0.15, 0.2) is 0 Å². The Kier molecular flexibility index (Phi) is 9.02. The van der Waals surface area contributed by atoms with E-state index in [2.05, 4.69) is 10.6 Å². The predicted molar refractivity (Wildman–Crippen MR) is 103 cm³/mol. The molecule has 2 fully saturated rings. The molecule has 164 valence electrons. The van der Waals surface area contributed by atoms with Gasteiger partial charge in [-0.15, -0.1) is 12.4 Å². The fourth-order valence-electron chi connectivity index (χ4n) is 3.65. The third-order valence-corrected chi connectivity index (χ3v) is 5.00. The molecule has 2 N–H and O–H groups in total. The Bertz CT molecular complexity index is 534. The number of nitrogens with zero attached hydrogens (tertiary/aromatic N) is 2. The maximum Gasteiger partial charge on any atom is 0.405 e. The second kappa shape index (κ2) is 10.1. The van der Waals surface area contributed by atoms with E-state index >= 15 is 0 Å². The van der Waals surface area contributed by atoms with Gasteiger partial charge < -0.3 is 15.5 Å². The van der Waals surface area contributed by atoms with Crippen molar-refractivity contribution in [2.24, 2.45) is 5.41 Å². The van der Waals surface area contributed by atoms with E-state index in [-0.39, 0.29) is 23.7 Å². The van der Waals surface area contributed by atoms with Gasteiger partial charge in [-0.3, -0.25) is 14.5 Å². The summed E-state index contributed by atoms with van der Waals surface area (Å²) in [4.78, 5) is 27.9. The van der Waals surface area contributed by atoms with E-state index in [0.717, 1.165) is 0 Å². The molecule has 2 rings (SSSR count). The monoisotopic (exact) mass is 428 g/mol. The van der Waals surface area contributed by atoms with Gasteiger partial charge in [-0.25, -0.2) is 0 Å². The maximum absolute atomic E-state index is 13.4. The summed E-state index contributed by atoms with van der Waals surface area (Å²) in [6, 6.07) is -2.37. The Morgan fingerprint density at radius 1 is 1.14 bits per heavy atom. The molecular weight excluding hydrogens is 397 g/mol. The van der Waals surface area contributed by atoms with Crippen LogP contribution in [-0.2, 0) is 9.59 Å². The van der Waals surface area contributed by atoms with Crippen LogP contribution in [-0.4, -0.2) is 79.1 Å². The Morgan fingerprint density at radius 2 is 1.75 bits per heavy atom. The maximum atomic E-state index is 13.4. The van der Waals surface area contributed by atoms with E-state index in [1.807, 2.05) is 20.8 Å². The Labute approximate surface area is 171 Å². The van der Waals surface area contributed by atoms with Gasteiger partial charge in [0.1, 0.15) is 12.1 Å². The van der Waals surface area contributed by atoms with Crippen molar-refractivity contribution in [3.8, 4) is 0 Å². The minimum atomic E-state index is -4.41. The molecule has 0 spiro atoms. The van der Waals surface area contributed by atoms with Gasteiger partial charge in [0.25, 0.3) is 0 Å². The molecule has 0 bridgehead atoms. The number of nitrogens with one attached hydrogen (secondary N) is 2. The van der Waals surface area contributed by atoms with Crippen LogP contribution in [0.25, 0.3) is 0 Å². The van der Waals surface area contributed by atoms with Crippen LogP contribution in [0.2, 0.25) is 0 Å². The molecule has 2 unspecified atom stereocenters. The molecule has 0 aromatic heterocycles. The van der Waals surface area contributed by atoms with Gasteiger partial charge in [0, 0.05) is 45.7 Å². The first kappa shape index (κ1) is 25.0.